The molecular formula is C31H60N4O13P2. The minimum absolute atomic E-state index is 0.201. The van der Waals surface area contributed by atoms with E-state index in [1.165, 1.54) is 0 Å². The molecule has 0 radical (unpaired) electrons. The molecule has 0 bridgehead atoms. The fraction of sp³-hybridized carbons (Fsp3) is 0.806. The summed E-state index contributed by atoms with van der Waals surface area (Å²) in [6.45, 7) is 16.8. The van der Waals surface area contributed by atoms with Crippen molar-refractivity contribution in [2.45, 2.75) is 66.6 Å². The van der Waals surface area contributed by atoms with Gasteiger partial charge in [-0.3, -0.25) is 28.3 Å². The van der Waals surface area contributed by atoms with Crippen LogP contribution in [0.4, 0.5) is 11.4 Å². The van der Waals surface area contributed by atoms with Crippen molar-refractivity contribution in [3.05, 3.63) is 20.4 Å². The van der Waals surface area contributed by atoms with Crippen LogP contribution in [0.3, 0.4) is 0 Å². The van der Waals surface area contributed by atoms with Crippen LogP contribution < -0.4 is 32.1 Å². The Bertz CT molecular complexity index is 1230. The molecule has 0 amide bonds. The number of anilines is 2. The Labute approximate surface area is 296 Å². The van der Waals surface area contributed by atoms with Gasteiger partial charge in [0.05, 0.1) is 38.8 Å². The molecule has 0 spiro atoms. The van der Waals surface area contributed by atoms with Gasteiger partial charge in [0.1, 0.15) is 11.4 Å². The van der Waals surface area contributed by atoms with Crippen LogP contribution in [0.25, 0.3) is 0 Å². The zero-order chi connectivity index (χ0) is 38.2. The number of carbonyl (C=O) groups is 2. The minimum Gasteiger partial charge on any atom is -0.400 e. The maximum absolute atomic E-state index is 12.4. The Morgan fingerprint density at radius 2 is 1.24 bits per heavy atom. The SMILES string of the molecule is CCOC1C(=O)C(=O)C1OCC.CCOP(=O)(CCN1CCCNc2c1c(=O)c2=O)OCC.CCOP(=O)(CCNCCCN)OCC.CO. The quantitative estimate of drug-likeness (QED) is 0.0797. The smallest absolute Gasteiger partial charge is 0.332 e. The number of hydrogen-bond acceptors (Lipinski definition) is 17. The van der Waals surface area contributed by atoms with Gasteiger partial charge in [-0.1, -0.05) is 0 Å². The molecule has 50 heavy (non-hydrogen) atoms. The summed E-state index contributed by atoms with van der Waals surface area (Å²) < 4.78 is 55.2. The largest absolute Gasteiger partial charge is 0.400 e. The van der Waals surface area contributed by atoms with Crippen LogP contribution in [0.5, 0.6) is 0 Å². The van der Waals surface area contributed by atoms with Crippen molar-refractivity contribution in [2.75, 3.05) is 109 Å². The number of aliphatic hydroxyl groups excluding tert-OH is 1. The number of nitrogens with zero attached hydrogens (tertiary/aromatic N) is 1. The fourth-order valence-electron chi connectivity index (χ4n) is 4.74. The predicted octanol–water partition coefficient (Wildman–Crippen LogP) is 1.92. The first kappa shape index (κ1) is 48.1. The van der Waals surface area contributed by atoms with E-state index >= 15 is 0 Å². The summed E-state index contributed by atoms with van der Waals surface area (Å²) in [5.41, 5.74) is 5.22. The number of Topliss-reactive ketones (excluding diaryl/α,β-unsaturated/α-hetero) is 2. The summed E-state index contributed by atoms with van der Waals surface area (Å²) in [5, 5.41) is 13.1. The Hall–Kier alpha value is -1.88. The molecular weight excluding hydrogens is 698 g/mol. The lowest BCUT2D eigenvalue weighted by Crippen LogP contribution is -2.59. The molecule has 1 fully saturated rings. The Morgan fingerprint density at radius 1 is 0.760 bits per heavy atom. The van der Waals surface area contributed by atoms with Gasteiger partial charge in [0.25, 0.3) is 10.9 Å². The first-order chi connectivity index (χ1) is 23.9. The lowest BCUT2D eigenvalue weighted by Gasteiger charge is -2.31. The summed E-state index contributed by atoms with van der Waals surface area (Å²) >= 11 is 0. The van der Waals surface area contributed by atoms with E-state index in [-0.39, 0.29) is 6.16 Å². The van der Waals surface area contributed by atoms with Crippen LogP contribution in [-0.2, 0) is 46.3 Å². The molecule has 1 heterocycles. The molecule has 19 heteroatoms. The van der Waals surface area contributed by atoms with Gasteiger partial charge in [0.2, 0.25) is 11.6 Å². The van der Waals surface area contributed by atoms with Crippen molar-refractivity contribution in [3.63, 3.8) is 0 Å². The van der Waals surface area contributed by atoms with E-state index in [0.717, 1.165) is 26.5 Å². The number of fused-ring (bicyclic) bond motifs is 1. The van der Waals surface area contributed by atoms with Crippen molar-refractivity contribution < 1.29 is 51.4 Å². The summed E-state index contributed by atoms with van der Waals surface area (Å²) in [7, 11) is -5.00. The number of ketones is 2. The molecule has 1 aromatic carbocycles. The monoisotopic (exact) mass is 758 g/mol. The van der Waals surface area contributed by atoms with Crippen molar-refractivity contribution >= 4 is 38.1 Å². The van der Waals surface area contributed by atoms with Crippen LogP contribution in [0.15, 0.2) is 9.59 Å². The van der Waals surface area contributed by atoms with E-state index in [1.807, 2.05) is 18.7 Å². The lowest BCUT2D eigenvalue weighted by atomic mass is 9.88. The lowest BCUT2D eigenvalue weighted by molar-refractivity contribution is -0.175. The Morgan fingerprint density at radius 3 is 1.68 bits per heavy atom. The highest BCUT2D eigenvalue weighted by Crippen LogP contribution is 2.48. The van der Waals surface area contributed by atoms with Crippen molar-refractivity contribution in [1.82, 2.24) is 5.32 Å². The molecule has 292 valence electrons. The third-order valence-electron chi connectivity index (χ3n) is 6.90. The molecule has 1 saturated carbocycles. The molecule has 1 aliphatic carbocycles. The summed E-state index contributed by atoms with van der Waals surface area (Å²) in [4.78, 5) is 46.8. The van der Waals surface area contributed by atoms with Gasteiger partial charge in [0, 0.05) is 46.5 Å². The number of nitrogens with one attached hydrogen (secondary N) is 2. The highest BCUT2D eigenvalue weighted by atomic mass is 31.2. The predicted molar refractivity (Wildman–Crippen MR) is 194 cm³/mol. The number of aliphatic hydroxyl groups is 1. The molecule has 2 unspecified atom stereocenters. The van der Waals surface area contributed by atoms with Gasteiger partial charge in [-0.15, -0.1) is 0 Å². The maximum atomic E-state index is 12.4. The number of hydrogen-bond donors (Lipinski definition) is 4. The zero-order valence-corrected chi connectivity index (χ0v) is 32.5. The van der Waals surface area contributed by atoms with E-state index in [0.29, 0.717) is 89.9 Å². The van der Waals surface area contributed by atoms with E-state index in [2.05, 4.69) is 10.6 Å². The number of ether oxygens (including phenoxy) is 2. The summed E-state index contributed by atoms with van der Waals surface area (Å²) in [6.07, 6.45) is 1.05. The van der Waals surface area contributed by atoms with E-state index in [4.69, 9.17) is 38.4 Å². The Kier molecular flexibility index (Phi) is 25.8. The topological polar surface area (TPSA) is 231 Å². The molecule has 2 aliphatic rings. The molecule has 17 nitrogen and oxygen atoms in total. The molecule has 2 atom stereocenters. The average Bonchev–Trinajstić information content (AvgIpc) is 3.31. The highest BCUT2D eigenvalue weighted by molar-refractivity contribution is 7.54. The van der Waals surface area contributed by atoms with Gasteiger partial charge in [-0.05, 0) is 67.5 Å². The minimum atomic E-state index is -3.14. The molecule has 0 saturated heterocycles. The van der Waals surface area contributed by atoms with Crippen molar-refractivity contribution in [1.29, 1.82) is 0 Å². The van der Waals surface area contributed by atoms with Crippen LogP contribution in [-0.4, -0.2) is 127 Å². The number of nitrogens with two attached hydrogens (primary N) is 1. The molecule has 5 N–H and O–H groups in total. The third-order valence-corrected chi connectivity index (χ3v) is 11.0. The molecule has 0 aromatic heterocycles. The third kappa shape index (κ3) is 15.8. The van der Waals surface area contributed by atoms with Crippen LogP contribution >= 0.6 is 15.2 Å². The number of carbonyl (C=O) groups excluding carboxylic acids is 2. The van der Waals surface area contributed by atoms with Crippen molar-refractivity contribution in [3.8, 4) is 0 Å². The summed E-state index contributed by atoms with van der Waals surface area (Å²) in [6, 6.07) is 0. The highest BCUT2D eigenvalue weighted by Gasteiger charge is 2.50. The second kappa shape index (κ2) is 26.8. The van der Waals surface area contributed by atoms with E-state index < -0.39 is 49.8 Å². The van der Waals surface area contributed by atoms with E-state index in [1.54, 1.807) is 27.7 Å². The van der Waals surface area contributed by atoms with Gasteiger partial charge in [0.15, 0.2) is 12.2 Å². The molecule has 3 rings (SSSR count). The normalized spacial score (nSPS) is 17.2. The molecule has 1 aromatic rings. The Balaban J connectivity index is 0.000000733. The number of rotatable bonds is 21. The molecule has 1 aliphatic heterocycles. The van der Waals surface area contributed by atoms with Gasteiger partial charge in [-0.2, -0.15) is 0 Å². The standard InChI is InChI=1S/C13H21N2O5P.C9H23N2O3P.C8H12O4.CH4O/c1-3-19-21(18,20-4-2)9-8-15-7-5-6-14-10-11(15)13(17)12(10)16;1-3-13-15(12,14-4-2)9-8-11-7-5-6-10;1-3-11-7-5(9)6(10)8(7)12-4-2;1-2/h14H,3-9H2,1-2H3;11H,3-10H2,1-2H3;7-8H,3-4H2,1-2H3;2H,1H3. The zero-order valence-electron chi connectivity index (χ0n) is 30.7. The van der Waals surface area contributed by atoms with Gasteiger partial charge >= 0.3 is 15.2 Å². The first-order valence-corrected chi connectivity index (χ1v) is 20.6. The second-order valence-corrected chi connectivity index (χ2v) is 14.7. The van der Waals surface area contributed by atoms with Crippen molar-refractivity contribution in [2.24, 2.45) is 5.73 Å². The van der Waals surface area contributed by atoms with Gasteiger partial charge in [-0.25, -0.2) is 0 Å². The summed E-state index contributed by atoms with van der Waals surface area (Å²) in [5.74, 6) is -0.925. The van der Waals surface area contributed by atoms with Crippen LogP contribution in [0, 0.1) is 0 Å². The van der Waals surface area contributed by atoms with Crippen LogP contribution in [0.1, 0.15) is 54.4 Å². The fourth-order valence-corrected chi connectivity index (χ4v) is 7.90. The van der Waals surface area contributed by atoms with Gasteiger partial charge < -0.3 is 53.9 Å². The average molecular weight is 759 g/mol. The first-order valence-electron chi connectivity index (χ1n) is 17.2. The van der Waals surface area contributed by atoms with E-state index in [9.17, 15) is 28.3 Å². The second-order valence-electron chi connectivity index (χ2n) is 10.4. The van der Waals surface area contributed by atoms with Crippen LogP contribution in [0.2, 0.25) is 0 Å². The maximum Gasteiger partial charge on any atom is 0.332 e.